The van der Waals surface area contributed by atoms with E-state index < -0.39 is 0 Å². The molecule has 0 bridgehead atoms. The van der Waals surface area contributed by atoms with E-state index in [1.165, 1.54) is 0 Å². The molecule has 0 unspecified atom stereocenters. The molecule has 0 saturated carbocycles. The van der Waals surface area contributed by atoms with E-state index >= 15 is 0 Å². The molecule has 0 aromatic carbocycles. The Hall–Kier alpha value is -0.280. The van der Waals surface area contributed by atoms with Gasteiger partial charge in [0, 0.05) is 19.1 Å². The molecule has 0 N–H and O–H groups in total. The fourth-order valence-electron chi connectivity index (χ4n) is 1.47. The van der Waals surface area contributed by atoms with Gasteiger partial charge in [0.2, 0.25) is 5.91 Å². The van der Waals surface area contributed by atoms with Gasteiger partial charge in [-0.2, -0.15) is 0 Å². The van der Waals surface area contributed by atoms with Gasteiger partial charge in [-0.05, 0) is 20.5 Å². The molecule has 1 aliphatic heterocycles. The topological polar surface area (TPSA) is 23.6 Å². The van der Waals surface area contributed by atoms with Crippen LogP contribution in [0, 0.1) is 0 Å². The van der Waals surface area contributed by atoms with Crippen LogP contribution in [0.5, 0.6) is 0 Å². The summed E-state index contributed by atoms with van der Waals surface area (Å²) in [6.45, 7) is 1.69. The third-order valence-electron chi connectivity index (χ3n) is 2.36. The van der Waals surface area contributed by atoms with Gasteiger partial charge in [-0.3, -0.25) is 4.79 Å². The number of carbonyl (C=O) groups excluding carboxylic acids is 1. The van der Waals surface area contributed by atoms with Crippen LogP contribution in [0.2, 0.25) is 0 Å². The normalized spacial score (nSPS) is 23.7. The lowest BCUT2D eigenvalue weighted by Crippen LogP contribution is -2.34. The maximum absolute atomic E-state index is 11.2. The summed E-state index contributed by atoms with van der Waals surface area (Å²) >= 11 is 5.45. The maximum atomic E-state index is 11.2. The summed E-state index contributed by atoms with van der Waals surface area (Å²) in [6.07, 6.45) is 1.07. The van der Waals surface area contributed by atoms with Crippen molar-refractivity contribution in [2.75, 3.05) is 33.1 Å². The minimum atomic E-state index is 0.0565. The fourth-order valence-corrected chi connectivity index (χ4v) is 1.64. The monoisotopic (exact) mass is 190 g/mol. The van der Waals surface area contributed by atoms with Gasteiger partial charge < -0.3 is 9.80 Å². The Morgan fingerprint density at radius 2 is 2.33 bits per heavy atom. The minimum absolute atomic E-state index is 0.0565. The summed E-state index contributed by atoms with van der Waals surface area (Å²) < 4.78 is 0. The molecule has 1 rings (SSSR count). The lowest BCUT2D eigenvalue weighted by Gasteiger charge is -2.19. The van der Waals surface area contributed by atoms with Gasteiger partial charge >= 0.3 is 0 Å². The number of amides is 1. The number of likely N-dealkylation sites (tertiary alicyclic amines) is 1. The Kier molecular flexibility index (Phi) is 3.35. The molecule has 4 heteroatoms. The Labute approximate surface area is 78.3 Å². The third kappa shape index (κ3) is 2.11. The molecule has 1 fully saturated rings. The molecule has 0 aliphatic carbocycles. The van der Waals surface area contributed by atoms with E-state index in [0.717, 1.165) is 19.5 Å². The molecular formula is C8H15ClN2O. The molecule has 12 heavy (non-hydrogen) atoms. The highest BCUT2D eigenvalue weighted by molar-refractivity contribution is 6.27. The van der Waals surface area contributed by atoms with E-state index in [0.29, 0.717) is 6.04 Å². The second kappa shape index (κ2) is 4.10. The van der Waals surface area contributed by atoms with Crippen LogP contribution in [0.1, 0.15) is 6.42 Å². The van der Waals surface area contributed by atoms with Crippen molar-refractivity contribution >= 4 is 17.5 Å². The number of carbonyl (C=O) groups is 1. The number of alkyl halides is 1. The molecule has 1 atom stereocenters. The van der Waals surface area contributed by atoms with Gasteiger partial charge in [0.25, 0.3) is 0 Å². The van der Waals surface area contributed by atoms with Crippen molar-refractivity contribution in [3.63, 3.8) is 0 Å². The van der Waals surface area contributed by atoms with Crippen LogP contribution in [-0.2, 0) is 4.79 Å². The molecule has 1 aliphatic rings. The van der Waals surface area contributed by atoms with Crippen molar-refractivity contribution < 1.29 is 4.79 Å². The quantitative estimate of drug-likeness (QED) is 0.589. The number of halogens is 1. The first-order chi connectivity index (χ1) is 5.65. The summed E-state index contributed by atoms with van der Waals surface area (Å²) in [5, 5.41) is 0. The van der Waals surface area contributed by atoms with Crippen LogP contribution in [0.4, 0.5) is 0 Å². The van der Waals surface area contributed by atoms with E-state index in [-0.39, 0.29) is 11.8 Å². The summed E-state index contributed by atoms with van der Waals surface area (Å²) in [6, 6.07) is 0.511. The van der Waals surface area contributed by atoms with E-state index in [4.69, 9.17) is 11.6 Å². The molecule has 1 saturated heterocycles. The van der Waals surface area contributed by atoms with Gasteiger partial charge in [0.15, 0.2) is 0 Å². The molecule has 3 nitrogen and oxygen atoms in total. The van der Waals surface area contributed by atoms with Gasteiger partial charge in [0.05, 0.1) is 0 Å². The molecule has 1 amide bonds. The molecule has 0 aromatic rings. The Morgan fingerprint density at radius 3 is 2.75 bits per heavy atom. The third-order valence-corrected chi connectivity index (χ3v) is 2.59. The average Bonchev–Trinajstić information content (AvgIpc) is 2.51. The highest BCUT2D eigenvalue weighted by Gasteiger charge is 2.26. The molecule has 0 radical (unpaired) electrons. The SMILES string of the molecule is CN(C)[C@@H]1CCN(C(=O)CCl)C1. The fraction of sp³-hybridized carbons (Fsp3) is 0.875. The van der Waals surface area contributed by atoms with Crippen LogP contribution < -0.4 is 0 Å². The van der Waals surface area contributed by atoms with Crippen molar-refractivity contribution in [3.8, 4) is 0 Å². The summed E-state index contributed by atoms with van der Waals surface area (Å²) in [4.78, 5) is 15.1. The van der Waals surface area contributed by atoms with Gasteiger partial charge in [0.1, 0.15) is 5.88 Å². The molecule has 70 valence electrons. The smallest absolute Gasteiger partial charge is 0.237 e. The van der Waals surface area contributed by atoms with Gasteiger partial charge in [-0.15, -0.1) is 11.6 Å². The van der Waals surface area contributed by atoms with E-state index in [9.17, 15) is 4.79 Å². The first-order valence-corrected chi connectivity index (χ1v) is 4.68. The Morgan fingerprint density at radius 1 is 1.67 bits per heavy atom. The standard InChI is InChI=1S/C8H15ClN2O/c1-10(2)7-3-4-11(6-7)8(12)5-9/h7H,3-6H2,1-2H3/t7-/m1/s1. The number of nitrogens with zero attached hydrogens (tertiary/aromatic N) is 2. The highest BCUT2D eigenvalue weighted by Crippen LogP contribution is 2.13. The van der Waals surface area contributed by atoms with Crippen LogP contribution in [0.3, 0.4) is 0 Å². The van der Waals surface area contributed by atoms with E-state index in [1.54, 1.807) is 0 Å². The first-order valence-electron chi connectivity index (χ1n) is 4.15. The van der Waals surface area contributed by atoms with Gasteiger partial charge in [-0.1, -0.05) is 0 Å². The highest BCUT2D eigenvalue weighted by atomic mass is 35.5. The summed E-state index contributed by atoms with van der Waals surface area (Å²) in [5.41, 5.74) is 0. The Balaban J connectivity index is 2.40. The van der Waals surface area contributed by atoms with Gasteiger partial charge in [-0.25, -0.2) is 0 Å². The van der Waals surface area contributed by atoms with Crippen molar-refractivity contribution in [1.29, 1.82) is 0 Å². The minimum Gasteiger partial charge on any atom is -0.340 e. The van der Waals surface area contributed by atoms with Crippen LogP contribution in [0.15, 0.2) is 0 Å². The van der Waals surface area contributed by atoms with Crippen molar-refractivity contribution in [1.82, 2.24) is 9.80 Å². The zero-order chi connectivity index (χ0) is 9.14. The summed E-state index contributed by atoms with van der Waals surface area (Å²) in [7, 11) is 4.08. The Bertz CT molecular complexity index is 172. The first kappa shape index (κ1) is 9.81. The molecule has 0 spiro atoms. The number of hydrogen-bond donors (Lipinski definition) is 0. The molecular weight excluding hydrogens is 176 g/mol. The van der Waals surface area contributed by atoms with Crippen LogP contribution >= 0.6 is 11.6 Å². The number of likely N-dealkylation sites (N-methyl/N-ethyl adjacent to an activating group) is 1. The second-order valence-corrected chi connectivity index (χ2v) is 3.65. The van der Waals surface area contributed by atoms with Crippen LogP contribution in [0.25, 0.3) is 0 Å². The van der Waals surface area contributed by atoms with Crippen molar-refractivity contribution in [3.05, 3.63) is 0 Å². The predicted molar refractivity (Wildman–Crippen MR) is 49.4 cm³/mol. The maximum Gasteiger partial charge on any atom is 0.237 e. The van der Waals surface area contributed by atoms with Crippen molar-refractivity contribution in [2.24, 2.45) is 0 Å². The van der Waals surface area contributed by atoms with Crippen LogP contribution in [-0.4, -0.2) is 54.8 Å². The summed E-state index contributed by atoms with van der Waals surface area (Å²) in [5.74, 6) is 0.168. The largest absolute Gasteiger partial charge is 0.340 e. The van der Waals surface area contributed by atoms with E-state index in [1.807, 2.05) is 19.0 Å². The van der Waals surface area contributed by atoms with E-state index in [2.05, 4.69) is 4.90 Å². The lowest BCUT2D eigenvalue weighted by atomic mass is 10.2. The second-order valence-electron chi connectivity index (χ2n) is 3.38. The molecule has 1 heterocycles. The lowest BCUT2D eigenvalue weighted by molar-refractivity contribution is -0.127. The predicted octanol–water partition coefficient (Wildman–Crippen LogP) is 0.388. The zero-order valence-corrected chi connectivity index (χ0v) is 8.34. The number of rotatable bonds is 2. The molecule has 0 aromatic heterocycles. The zero-order valence-electron chi connectivity index (χ0n) is 7.59. The number of hydrogen-bond acceptors (Lipinski definition) is 2. The average molecular weight is 191 g/mol. The van der Waals surface area contributed by atoms with Crippen molar-refractivity contribution in [2.45, 2.75) is 12.5 Å².